The zero-order valence-electron chi connectivity index (χ0n) is 6.26. The maximum Gasteiger partial charge on any atom is 0.372 e. The van der Waals surface area contributed by atoms with Gasteiger partial charge in [0.2, 0.25) is 5.78 Å². The summed E-state index contributed by atoms with van der Waals surface area (Å²) in [5, 5.41) is 8.13. The van der Waals surface area contributed by atoms with Crippen molar-refractivity contribution in [2.45, 2.75) is 20.3 Å². The Balaban J connectivity index is 0. The number of aliphatic carboxylic acids is 1. The third-order valence-electron chi connectivity index (χ3n) is 1.27. The molecule has 0 heterocycles. The van der Waals surface area contributed by atoms with E-state index in [4.69, 9.17) is 5.11 Å². The topological polar surface area (TPSA) is 54.4 Å². The van der Waals surface area contributed by atoms with E-state index in [-0.39, 0.29) is 43.7 Å². The second kappa shape index (κ2) is 6.13. The molecular formula is C6H10CaO3. The first kappa shape index (κ1) is 13.0. The molecular weight excluding hydrogens is 160 g/mol. The Morgan fingerprint density at radius 2 is 1.90 bits per heavy atom. The number of hydrogen-bond donors (Lipinski definition) is 1. The molecule has 0 spiro atoms. The second-order valence-electron chi connectivity index (χ2n) is 1.98. The first-order valence-electron chi connectivity index (χ1n) is 2.86. The third kappa shape index (κ3) is 4.25. The van der Waals surface area contributed by atoms with Crippen molar-refractivity contribution in [3.8, 4) is 0 Å². The van der Waals surface area contributed by atoms with Gasteiger partial charge in [-0.15, -0.1) is 0 Å². The van der Waals surface area contributed by atoms with E-state index in [9.17, 15) is 9.59 Å². The Hall–Kier alpha value is 0.400. The Morgan fingerprint density at radius 1 is 1.50 bits per heavy atom. The SMILES string of the molecule is CCC(C)C(=O)C(=O)O.[Ca]. The van der Waals surface area contributed by atoms with E-state index in [1.165, 1.54) is 0 Å². The Labute approximate surface area is 89.8 Å². The van der Waals surface area contributed by atoms with Crippen LogP contribution in [0.4, 0.5) is 0 Å². The molecule has 0 saturated carbocycles. The molecule has 4 heteroatoms. The fraction of sp³-hybridized carbons (Fsp3) is 0.667. The minimum Gasteiger partial charge on any atom is -0.475 e. The predicted molar refractivity (Wildman–Crippen MR) is 37.9 cm³/mol. The summed E-state index contributed by atoms with van der Waals surface area (Å²) in [7, 11) is 0. The number of carbonyl (C=O) groups is 2. The van der Waals surface area contributed by atoms with Gasteiger partial charge in [0.15, 0.2) is 0 Å². The molecule has 1 atom stereocenters. The van der Waals surface area contributed by atoms with Gasteiger partial charge in [0.05, 0.1) is 0 Å². The van der Waals surface area contributed by atoms with E-state index in [0.29, 0.717) is 6.42 Å². The molecule has 0 aliphatic rings. The minimum atomic E-state index is -1.33. The largest absolute Gasteiger partial charge is 0.475 e. The predicted octanol–water partition coefficient (Wildman–Crippen LogP) is 0.305. The van der Waals surface area contributed by atoms with Crippen molar-refractivity contribution in [3.63, 3.8) is 0 Å². The fourth-order valence-corrected chi connectivity index (χ4v) is 0.396. The molecule has 0 aromatic rings. The normalized spacial score (nSPS) is 11.4. The van der Waals surface area contributed by atoms with E-state index in [1.807, 2.05) is 0 Å². The molecule has 0 aliphatic heterocycles. The van der Waals surface area contributed by atoms with Crippen LogP contribution in [0.3, 0.4) is 0 Å². The average molecular weight is 170 g/mol. The first-order chi connectivity index (χ1) is 4.09. The van der Waals surface area contributed by atoms with Crippen LogP contribution >= 0.6 is 0 Å². The van der Waals surface area contributed by atoms with Gasteiger partial charge >= 0.3 is 5.97 Å². The van der Waals surface area contributed by atoms with Crippen LogP contribution in [0.15, 0.2) is 0 Å². The van der Waals surface area contributed by atoms with Crippen molar-refractivity contribution >= 4 is 49.5 Å². The average Bonchev–Trinajstić information content (AvgIpc) is 1.84. The third-order valence-corrected chi connectivity index (χ3v) is 1.27. The molecule has 54 valence electrons. The fourth-order valence-electron chi connectivity index (χ4n) is 0.396. The number of Topliss-reactive ketones (excluding diaryl/α,β-unsaturated/α-hetero) is 1. The summed E-state index contributed by atoms with van der Waals surface area (Å²) < 4.78 is 0. The van der Waals surface area contributed by atoms with Gasteiger partial charge in [-0.25, -0.2) is 4.79 Å². The molecule has 1 N–H and O–H groups in total. The minimum absolute atomic E-state index is 0. The number of carboxylic acid groups (broad SMARTS) is 1. The van der Waals surface area contributed by atoms with Gasteiger partial charge in [-0.3, -0.25) is 4.79 Å². The molecule has 0 saturated heterocycles. The molecule has 0 bridgehead atoms. The van der Waals surface area contributed by atoms with Crippen molar-refractivity contribution in [1.82, 2.24) is 0 Å². The van der Waals surface area contributed by atoms with E-state index in [0.717, 1.165) is 0 Å². The zero-order chi connectivity index (χ0) is 7.44. The summed E-state index contributed by atoms with van der Waals surface area (Å²) in [4.78, 5) is 20.4. The summed E-state index contributed by atoms with van der Waals surface area (Å²) in [5.74, 6) is -2.37. The molecule has 2 radical (unpaired) electrons. The maximum absolute atomic E-state index is 10.5. The van der Waals surface area contributed by atoms with Crippen LogP contribution in [0.25, 0.3) is 0 Å². The summed E-state index contributed by atoms with van der Waals surface area (Å²) in [5.41, 5.74) is 0. The summed E-state index contributed by atoms with van der Waals surface area (Å²) in [6.07, 6.45) is 0.588. The number of carboxylic acids is 1. The quantitative estimate of drug-likeness (QED) is 0.489. The molecule has 0 aliphatic carbocycles. The molecule has 0 fully saturated rings. The maximum atomic E-state index is 10.5. The van der Waals surface area contributed by atoms with Crippen molar-refractivity contribution in [2.24, 2.45) is 5.92 Å². The van der Waals surface area contributed by atoms with Crippen LogP contribution in [0.1, 0.15) is 20.3 Å². The summed E-state index contributed by atoms with van der Waals surface area (Å²) >= 11 is 0. The number of rotatable bonds is 3. The van der Waals surface area contributed by atoms with Gasteiger partial charge in [-0.2, -0.15) is 0 Å². The smallest absolute Gasteiger partial charge is 0.372 e. The molecule has 0 rings (SSSR count). The van der Waals surface area contributed by atoms with Crippen LogP contribution in [-0.2, 0) is 9.59 Å². The molecule has 3 nitrogen and oxygen atoms in total. The van der Waals surface area contributed by atoms with Gasteiger partial charge in [0.25, 0.3) is 0 Å². The Morgan fingerprint density at radius 3 is 2.00 bits per heavy atom. The Kier molecular flexibility index (Phi) is 7.99. The van der Waals surface area contributed by atoms with E-state index in [1.54, 1.807) is 13.8 Å². The number of hydrogen-bond acceptors (Lipinski definition) is 2. The molecule has 0 aromatic carbocycles. The van der Waals surface area contributed by atoms with Crippen molar-refractivity contribution in [3.05, 3.63) is 0 Å². The van der Waals surface area contributed by atoms with Gasteiger partial charge in [-0.05, 0) is 6.42 Å². The van der Waals surface area contributed by atoms with Crippen molar-refractivity contribution in [2.75, 3.05) is 0 Å². The van der Waals surface area contributed by atoms with E-state index >= 15 is 0 Å². The van der Waals surface area contributed by atoms with Gasteiger partial charge in [0.1, 0.15) is 0 Å². The molecule has 1 unspecified atom stereocenters. The second-order valence-corrected chi connectivity index (χ2v) is 1.98. The van der Waals surface area contributed by atoms with Crippen molar-refractivity contribution in [1.29, 1.82) is 0 Å². The van der Waals surface area contributed by atoms with E-state index in [2.05, 4.69) is 0 Å². The summed E-state index contributed by atoms with van der Waals surface area (Å²) in [6, 6.07) is 0. The number of ketones is 1. The van der Waals surface area contributed by atoms with Crippen LogP contribution < -0.4 is 0 Å². The van der Waals surface area contributed by atoms with Crippen LogP contribution in [0, 0.1) is 5.92 Å². The van der Waals surface area contributed by atoms with Gasteiger partial charge in [-0.1, -0.05) is 13.8 Å². The van der Waals surface area contributed by atoms with Crippen LogP contribution in [0.5, 0.6) is 0 Å². The Bertz CT molecular complexity index is 133. The summed E-state index contributed by atoms with van der Waals surface area (Å²) in [6.45, 7) is 3.39. The molecule has 0 aromatic heterocycles. The van der Waals surface area contributed by atoms with Crippen molar-refractivity contribution < 1.29 is 14.7 Å². The zero-order valence-corrected chi connectivity index (χ0v) is 8.46. The standard InChI is InChI=1S/C6H10O3.Ca/c1-3-4(2)5(7)6(8)9;/h4H,3H2,1-2H3,(H,8,9);. The van der Waals surface area contributed by atoms with Crippen LogP contribution in [-0.4, -0.2) is 54.6 Å². The van der Waals surface area contributed by atoms with Crippen LogP contribution in [0.2, 0.25) is 0 Å². The first-order valence-corrected chi connectivity index (χ1v) is 2.86. The van der Waals surface area contributed by atoms with Gasteiger partial charge in [0, 0.05) is 43.7 Å². The molecule has 10 heavy (non-hydrogen) atoms. The van der Waals surface area contributed by atoms with Gasteiger partial charge < -0.3 is 5.11 Å². The monoisotopic (exact) mass is 170 g/mol. The van der Waals surface area contributed by atoms with E-state index < -0.39 is 11.8 Å². The number of carbonyl (C=O) groups excluding carboxylic acids is 1. The molecule has 0 amide bonds.